The molecule has 10 heteroatoms. The van der Waals surface area contributed by atoms with E-state index in [-0.39, 0.29) is 30.1 Å². The number of aromatic amines is 1. The summed E-state index contributed by atoms with van der Waals surface area (Å²) in [4.78, 5) is 27.3. The molecule has 4 rings (SSSR count). The molecule has 0 spiro atoms. The van der Waals surface area contributed by atoms with Crippen molar-refractivity contribution in [1.29, 1.82) is 0 Å². The fourth-order valence-corrected chi connectivity index (χ4v) is 3.22. The summed E-state index contributed by atoms with van der Waals surface area (Å²) in [6.45, 7) is 5.34. The van der Waals surface area contributed by atoms with Crippen molar-refractivity contribution >= 4 is 11.9 Å². The second kappa shape index (κ2) is 9.01. The SMILES string of the molecule is CC1(C)COC(c2nc(-c3ccc(F)cc3)c(-c3ccnc(NCCC(=O)O)n3)[nH]2)OC1. The molecule has 3 aromatic rings. The lowest BCUT2D eigenvalue weighted by molar-refractivity contribution is -0.229. The van der Waals surface area contributed by atoms with Gasteiger partial charge in [-0.2, -0.15) is 0 Å². The average Bonchev–Trinajstić information content (AvgIpc) is 3.19. The second-order valence-corrected chi connectivity index (χ2v) is 8.31. The minimum Gasteiger partial charge on any atom is -0.481 e. The van der Waals surface area contributed by atoms with Crippen molar-refractivity contribution in [3.05, 3.63) is 48.2 Å². The van der Waals surface area contributed by atoms with Crippen LogP contribution in [-0.2, 0) is 14.3 Å². The first-order chi connectivity index (χ1) is 15.3. The molecule has 3 N–H and O–H groups in total. The maximum absolute atomic E-state index is 13.5. The summed E-state index contributed by atoms with van der Waals surface area (Å²) < 4.78 is 25.2. The number of aliphatic carboxylic acids is 1. The number of hydrogen-bond donors (Lipinski definition) is 3. The van der Waals surface area contributed by atoms with Crippen LogP contribution >= 0.6 is 0 Å². The van der Waals surface area contributed by atoms with Crippen LogP contribution in [0.15, 0.2) is 36.5 Å². The lowest BCUT2D eigenvalue weighted by Gasteiger charge is -2.33. The van der Waals surface area contributed by atoms with Crippen molar-refractivity contribution < 1.29 is 23.8 Å². The van der Waals surface area contributed by atoms with Gasteiger partial charge in [-0.05, 0) is 30.3 Å². The van der Waals surface area contributed by atoms with Gasteiger partial charge in [-0.15, -0.1) is 0 Å². The van der Waals surface area contributed by atoms with Crippen LogP contribution in [0.3, 0.4) is 0 Å². The van der Waals surface area contributed by atoms with Crippen molar-refractivity contribution in [2.24, 2.45) is 5.41 Å². The number of carboxylic acid groups (broad SMARTS) is 1. The molecule has 1 fully saturated rings. The molecule has 0 aliphatic carbocycles. The number of H-pyrrole nitrogens is 1. The average molecular weight is 441 g/mol. The van der Waals surface area contributed by atoms with E-state index in [0.29, 0.717) is 41.7 Å². The molecular formula is C22H24FN5O4. The number of benzene rings is 1. The molecule has 0 atom stereocenters. The zero-order valence-corrected chi connectivity index (χ0v) is 17.8. The Labute approximate surface area is 184 Å². The highest BCUT2D eigenvalue weighted by Crippen LogP contribution is 2.35. The van der Waals surface area contributed by atoms with E-state index in [1.54, 1.807) is 24.4 Å². The summed E-state index contributed by atoms with van der Waals surface area (Å²) in [6, 6.07) is 7.71. The number of aromatic nitrogens is 4. The fraction of sp³-hybridized carbons (Fsp3) is 0.364. The third-order valence-corrected chi connectivity index (χ3v) is 4.85. The van der Waals surface area contributed by atoms with E-state index in [1.165, 1.54) is 12.1 Å². The topological polar surface area (TPSA) is 122 Å². The van der Waals surface area contributed by atoms with Crippen molar-refractivity contribution in [2.45, 2.75) is 26.6 Å². The number of imidazole rings is 1. The number of nitrogens with zero attached hydrogens (tertiary/aromatic N) is 3. The second-order valence-electron chi connectivity index (χ2n) is 8.31. The minimum absolute atomic E-state index is 0.0602. The van der Waals surface area contributed by atoms with Crippen molar-refractivity contribution in [3.63, 3.8) is 0 Å². The molecule has 1 aliphatic rings. The number of nitrogens with one attached hydrogen (secondary N) is 2. The molecule has 3 heterocycles. The number of halogens is 1. The van der Waals surface area contributed by atoms with Crippen LogP contribution in [0.5, 0.6) is 0 Å². The molecule has 2 aromatic heterocycles. The van der Waals surface area contributed by atoms with Crippen LogP contribution in [-0.4, -0.2) is 50.8 Å². The van der Waals surface area contributed by atoms with Crippen LogP contribution in [0.2, 0.25) is 0 Å². The van der Waals surface area contributed by atoms with E-state index in [9.17, 15) is 9.18 Å². The van der Waals surface area contributed by atoms with Gasteiger partial charge in [0.25, 0.3) is 0 Å². The third kappa shape index (κ3) is 5.09. The minimum atomic E-state index is -0.916. The molecule has 0 amide bonds. The Hall–Kier alpha value is -3.37. The first kappa shape index (κ1) is 21.8. The Balaban J connectivity index is 1.68. The van der Waals surface area contributed by atoms with Gasteiger partial charge < -0.3 is 24.9 Å². The molecule has 1 aliphatic heterocycles. The van der Waals surface area contributed by atoms with E-state index in [1.807, 2.05) is 0 Å². The van der Waals surface area contributed by atoms with Gasteiger partial charge in [-0.25, -0.2) is 19.3 Å². The van der Waals surface area contributed by atoms with Crippen LogP contribution in [0.1, 0.15) is 32.4 Å². The van der Waals surface area contributed by atoms with Crippen molar-refractivity contribution in [2.75, 3.05) is 25.1 Å². The molecule has 1 saturated heterocycles. The van der Waals surface area contributed by atoms with E-state index in [0.717, 1.165) is 0 Å². The zero-order valence-electron chi connectivity index (χ0n) is 17.8. The quantitative estimate of drug-likeness (QED) is 0.508. The van der Waals surface area contributed by atoms with Crippen LogP contribution < -0.4 is 5.32 Å². The van der Waals surface area contributed by atoms with Gasteiger partial charge in [0.2, 0.25) is 12.2 Å². The molecule has 0 bridgehead atoms. The van der Waals surface area contributed by atoms with Crippen LogP contribution in [0.25, 0.3) is 22.6 Å². The summed E-state index contributed by atoms with van der Waals surface area (Å²) in [5.74, 6) is -0.494. The molecule has 168 valence electrons. The Kier molecular flexibility index (Phi) is 6.15. The Morgan fingerprint density at radius 2 is 1.94 bits per heavy atom. The number of carbonyl (C=O) groups is 1. The Morgan fingerprint density at radius 1 is 1.22 bits per heavy atom. The highest BCUT2D eigenvalue weighted by atomic mass is 19.1. The van der Waals surface area contributed by atoms with Crippen LogP contribution in [0, 0.1) is 11.2 Å². The lowest BCUT2D eigenvalue weighted by Crippen LogP contribution is -2.34. The van der Waals surface area contributed by atoms with E-state index < -0.39 is 12.3 Å². The summed E-state index contributed by atoms with van der Waals surface area (Å²) in [5.41, 5.74) is 2.29. The predicted molar refractivity (Wildman–Crippen MR) is 114 cm³/mol. The van der Waals surface area contributed by atoms with Gasteiger partial charge in [0.1, 0.15) is 5.82 Å². The van der Waals surface area contributed by atoms with E-state index >= 15 is 0 Å². The van der Waals surface area contributed by atoms with Crippen molar-refractivity contribution in [1.82, 2.24) is 19.9 Å². The smallest absolute Gasteiger partial charge is 0.305 e. The first-order valence-corrected chi connectivity index (χ1v) is 10.2. The summed E-state index contributed by atoms with van der Waals surface area (Å²) in [7, 11) is 0. The predicted octanol–water partition coefficient (Wildman–Crippen LogP) is 3.63. The third-order valence-electron chi connectivity index (χ3n) is 4.85. The van der Waals surface area contributed by atoms with Gasteiger partial charge in [0, 0.05) is 23.7 Å². The Morgan fingerprint density at radius 3 is 2.62 bits per heavy atom. The highest BCUT2D eigenvalue weighted by Gasteiger charge is 2.32. The molecule has 0 saturated carbocycles. The molecule has 32 heavy (non-hydrogen) atoms. The summed E-state index contributed by atoms with van der Waals surface area (Å²) in [6.07, 6.45) is 0.845. The number of hydrogen-bond acceptors (Lipinski definition) is 7. The standard InChI is InChI=1S/C22H24FN5O4/c1-22(2)11-31-20(32-12-22)19-27-17(13-3-5-14(23)6-4-13)18(28-19)15-7-9-24-21(26-15)25-10-8-16(29)30/h3-7,9,20H,8,10-12H2,1-2H3,(H,27,28)(H,29,30)(H,24,25,26). The molecule has 0 unspecified atom stereocenters. The molecule has 9 nitrogen and oxygen atoms in total. The van der Waals surface area contributed by atoms with E-state index in [2.05, 4.69) is 39.1 Å². The van der Waals surface area contributed by atoms with Gasteiger partial charge in [0.15, 0.2) is 5.82 Å². The molecular weight excluding hydrogens is 417 g/mol. The Bertz CT molecular complexity index is 1090. The number of rotatable bonds is 7. The van der Waals surface area contributed by atoms with Gasteiger partial charge in [-0.1, -0.05) is 13.8 Å². The molecule has 0 radical (unpaired) electrons. The largest absolute Gasteiger partial charge is 0.481 e. The fourth-order valence-electron chi connectivity index (χ4n) is 3.22. The van der Waals surface area contributed by atoms with E-state index in [4.69, 9.17) is 14.6 Å². The monoisotopic (exact) mass is 441 g/mol. The zero-order chi connectivity index (χ0) is 22.7. The number of anilines is 1. The van der Waals surface area contributed by atoms with Crippen LogP contribution in [0.4, 0.5) is 10.3 Å². The summed E-state index contributed by atoms with van der Waals surface area (Å²) in [5, 5.41) is 11.7. The number of ether oxygens (including phenoxy) is 2. The maximum atomic E-state index is 13.5. The lowest BCUT2D eigenvalue weighted by atomic mass is 9.96. The van der Waals surface area contributed by atoms with Crippen molar-refractivity contribution in [3.8, 4) is 22.6 Å². The number of carboxylic acids is 1. The highest BCUT2D eigenvalue weighted by molar-refractivity contribution is 5.77. The van der Waals surface area contributed by atoms with Gasteiger partial charge in [-0.3, -0.25) is 4.79 Å². The summed E-state index contributed by atoms with van der Waals surface area (Å²) >= 11 is 0. The first-order valence-electron chi connectivity index (χ1n) is 10.2. The molecule has 1 aromatic carbocycles. The normalized spacial score (nSPS) is 16.1. The van der Waals surface area contributed by atoms with Gasteiger partial charge >= 0.3 is 5.97 Å². The van der Waals surface area contributed by atoms with Gasteiger partial charge in [0.05, 0.1) is 36.7 Å². The maximum Gasteiger partial charge on any atom is 0.305 e.